The number of phosphoric ester groups is 1. The Morgan fingerprint density at radius 3 is 1.31 bits per heavy atom. The van der Waals surface area contributed by atoms with E-state index in [1.807, 2.05) is 6.08 Å². The van der Waals surface area contributed by atoms with Crippen molar-refractivity contribution < 1.29 is 53.9 Å². The minimum atomic E-state index is -5.07. The maximum absolute atomic E-state index is 12.9. The molecule has 1 amide bonds. The number of aliphatic hydroxyl groups is 6. The van der Waals surface area contributed by atoms with Crippen molar-refractivity contribution >= 4 is 13.7 Å². The Kier molecular flexibility index (Phi) is 33.9. The fraction of sp³-hybridized carbons (Fsp3) is 0.933. The van der Waals surface area contributed by atoms with E-state index in [0.717, 1.165) is 44.9 Å². The Bertz CT molecular complexity index is 1040. The first-order valence-corrected chi connectivity index (χ1v) is 25.1. The van der Waals surface area contributed by atoms with Gasteiger partial charge in [-0.3, -0.25) is 13.8 Å². The summed E-state index contributed by atoms with van der Waals surface area (Å²) in [6, 6.07) is -1.11. The molecule has 0 aromatic heterocycles. The molecule has 1 saturated carbocycles. The number of carbonyl (C=O) groups excluding carboxylic acids is 1. The highest BCUT2D eigenvalue weighted by Gasteiger charge is 2.51. The van der Waals surface area contributed by atoms with Crippen molar-refractivity contribution in [1.29, 1.82) is 0 Å². The first kappa shape index (κ1) is 55.1. The Labute approximate surface area is 352 Å². The quantitative estimate of drug-likeness (QED) is 0.0167. The molecule has 1 fully saturated rings. The van der Waals surface area contributed by atoms with Crippen LogP contribution in [0.4, 0.5) is 0 Å². The van der Waals surface area contributed by atoms with Gasteiger partial charge in [0.25, 0.3) is 0 Å². The number of rotatable bonds is 39. The second kappa shape index (κ2) is 35.7. The second-order valence-corrected chi connectivity index (χ2v) is 18.4. The van der Waals surface area contributed by atoms with Gasteiger partial charge in [-0.1, -0.05) is 199 Å². The van der Waals surface area contributed by atoms with E-state index in [2.05, 4.69) is 19.2 Å². The third-order valence-electron chi connectivity index (χ3n) is 11.6. The molecule has 58 heavy (non-hydrogen) atoms. The summed E-state index contributed by atoms with van der Waals surface area (Å²) in [7, 11) is -5.07. The molecule has 6 unspecified atom stereocenters. The first-order chi connectivity index (χ1) is 27.9. The van der Waals surface area contributed by atoms with Gasteiger partial charge in [0, 0.05) is 6.42 Å². The Balaban J connectivity index is 2.39. The molecule has 0 aromatic rings. The van der Waals surface area contributed by atoms with Crippen LogP contribution in [0.15, 0.2) is 12.2 Å². The van der Waals surface area contributed by atoms with Crippen LogP contribution in [-0.4, -0.2) is 96.8 Å². The summed E-state index contributed by atoms with van der Waals surface area (Å²) in [4.78, 5) is 23.3. The van der Waals surface area contributed by atoms with Crippen LogP contribution in [0.2, 0.25) is 0 Å². The minimum absolute atomic E-state index is 0.218. The molecule has 0 heterocycles. The van der Waals surface area contributed by atoms with E-state index in [1.54, 1.807) is 0 Å². The highest BCUT2D eigenvalue weighted by Crippen LogP contribution is 2.47. The number of aliphatic hydroxyl groups excluding tert-OH is 6. The molecule has 0 radical (unpaired) electrons. The molecule has 0 aliphatic heterocycles. The van der Waals surface area contributed by atoms with Crippen molar-refractivity contribution in [3.63, 3.8) is 0 Å². The van der Waals surface area contributed by atoms with Crippen molar-refractivity contribution in [1.82, 2.24) is 5.32 Å². The second-order valence-electron chi connectivity index (χ2n) is 17.0. The molecule has 9 atom stereocenters. The number of carbonyl (C=O) groups is 1. The molecule has 0 saturated heterocycles. The largest absolute Gasteiger partial charge is 0.472 e. The van der Waals surface area contributed by atoms with Gasteiger partial charge in [0.15, 0.2) is 0 Å². The number of hydrogen-bond donors (Lipinski definition) is 8. The Morgan fingerprint density at radius 2 is 0.914 bits per heavy atom. The van der Waals surface area contributed by atoms with Gasteiger partial charge in [-0.2, -0.15) is 0 Å². The third-order valence-corrected chi connectivity index (χ3v) is 12.6. The van der Waals surface area contributed by atoms with Crippen molar-refractivity contribution in [3.05, 3.63) is 12.2 Å². The number of hydrogen-bond acceptors (Lipinski definition) is 10. The van der Waals surface area contributed by atoms with Gasteiger partial charge in [0.1, 0.15) is 36.6 Å². The average Bonchev–Trinajstić information content (AvgIpc) is 3.20. The fourth-order valence-corrected chi connectivity index (χ4v) is 8.64. The first-order valence-electron chi connectivity index (χ1n) is 23.6. The zero-order valence-electron chi connectivity index (χ0n) is 36.6. The molecule has 0 spiro atoms. The SMILES string of the molecule is CCCCCCCCCC/C=C/[C@@H](O)[C@H](COP(=O)(O)OC1C(O)C(O)C(O)[C@@H](O)C1O)NC(=O)CCCCCCCCCCCCCCCCCCCCCCC. The lowest BCUT2D eigenvalue weighted by Gasteiger charge is -2.41. The molecule has 344 valence electrons. The van der Waals surface area contributed by atoms with E-state index in [9.17, 15) is 44.9 Å². The molecule has 8 N–H and O–H groups in total. The third kappa shape index (κ3) is 27.1. The normalized spacial score (nSPS) is 23.3. The summed E-state index contributed by atoms with van der Waals surface area (Å²) in [5.41, 5.74) is 0. The van der Waals surface area contributed by atoms with Crippen molar-refractivity contribution in [3.8, 4) is 0 Å². The molecule has 1 aliphatic rings. The lowest BCUT2D eigenvalue weighted by atomic mass is 9.85. The van der Waals surface area contributed by atoms with Crippen LogP contribution in [0.1, 0.15) is 213 Å². The molecule has 12 nitrogen and oxygen atoms in total. The van der Waals surface area contributed by atoms with Crippen LogP contribution >= 0.6 is 7.82 Å². The number of phosphoric acid groups is 1. The van der Waals surface area contributed by atoms with Crippen LogP contribution < -0.4 is 5.32 Å². The topological polar surface area (TPSA) is 206 Å². The van der Waals surface area contributed by atoms with E-state index >= 15 is 0 Å². The van der Waals surface area contributed by atoms with Crippen LogP contribution in [0.5, 0.6) is 0 Å². The van der Waals surface area contributed by atoms with E-state index in [0.29, 0.717) is 6.42 Å². The monoisotopic (exact) mass is 850 g/mol. The predicted molar refractivity (Wildman–Crippen MR) is 232 cm³/mol. The zero-order chi connectivity index (χ0) is 42.9. The van der Waals surface area contributed by atoms with Crippen molar-refractivity contribution in [2.75, 3.05) is 6.61 Å². The molecular weight excluding hydrogens is 761 g/mol. The number of allylic oxidation sites excluding steroid dienone is 1. The van der Waals surface area contributed by atoms with Gasteiger partial charge in [0.2, 0.25) is 5.91 Å². The Morgan fingerprint density at radius 1 is 0.569 bits per heavy atom. The summed E-state index contributed by atoms with van der Waals surface area (Å²) in [5.74, 6) is -0.339. The van der Waals surface area contributed by atoms with Gasteiger partial charge in [-0.25, -0.2) is 4.57 Å². The minimum Gasteiger partial charge on any atom is -0.387 e. The number of amides is 1. The summed E-state index contributed by atoms with van der Waals surface area (Å²) in [6.07, 6.45) is 27.3. The standard InChI is InChI=1S/C45H88NO11P/c1-3-5-7-9-11-13-15-16-17-18-19-20-21-22-23-24-25-27-29-31-33-35-39(48)46-37(38(47)34-32-30-28-26-14-12-10-8-6-4-2)36-56-58(54,55)57-45-43(52)41(50)40(49)42(51)44(45)53/h32,34,37-38,40-45,47,49-53H,3-31,33,35-36H2,1-2H3,(H,46,48)(H,54,55)/b34-32+/t37-,38+,40?,41+,42?,43?,44?,45?/m0/s1. The van der Waals surface area contributed by atoms with E-state index in [4.69, 9.17) is 9.05 Å². The Hall–Kier alpha value is -0.920. The van der Waals surface area contributed by atoms with E-state index in [-0.39, 0.29) is 12.3 Å². The molecule has 13 heteroatoms. The smallest absolute Gasteiger partial charge is 0.387 e. The number of nitrogens with one attached hydrogen (secondary N) is 1. The van der Waals surface area contributed by atoms with Gasteiger partial charge >= 0.3 is 7.82 Å². The summed E-state index contributed by atoms with van der Waals surface area (Å²) in [5, 5.41) is 63.9. The van der Waals surface area contributed by atoms with Gasteiger partial charge in [-0.05, 0) is 19.3 Å². The predicted octanol–water partition coefficient (Wildman–Crippen LogP) is 8.84. The van der Waals surface area contributed by atoms with Gasteiger partial charge < -0.3 is 40.8 Å². The molecule has 1 rings (SSSR count). The van der Waals surface area contributed by atoms with Crippen LogP contribution in [-0.2, 0) is 18.4 Å². The van der Waals surface area contributed by atoms with Crippen LogP contribution in [0.25, 0.3) is 0 Å². The maximum Gasteiger partial charge on any atom is 0.472 e. The van der Waals surface area contributed by atoms with E-state index in [1.165, 1.54) is 147 Å². The molecule has 1 aliphatic carbocycles. The lowest BCUT2D eigenvalue weighted by molar-refractivity contribution is -0.220. The van der Waals surface area contributed by atoms with Crippen LogP contribution in [0, 0.1) is 0 Å². The molecule has 0 aromatic carbocycles. The summed E-state index contributed by atoms with van der Waals surface area (Å²) in [6.45, 7) is 3.82. The summed E-state index contributed by atoms with van der Waals surface area (Å²) >= 11 is 0. The maximum atomic E-state index is 12.9. The zero-order valence-corrected chi connectivity index (χ0v) is 37.5. The van der Waals surface area contributed by atoms with Crippen molar-refractivity contribution in [2.24, 2.45) is 0 Å². The molecule has 0 bridgehead atoms. The van der Waals surface area contributed by atoms with Gasteiger partial charge in [0.05, 0.1) is 18.8 Å². The molecular formula is C45H88NO11P. The highest BCUT2D eigenvalue weighted by molar-refractivity contribution is 7.47. The van der Waals surface area contributed by atoms with Crippen molar-refractivity contribution in [2.45, 2.75) is 262 Å². The lowest BCUT2D eigenvalue weighted by Crippen LogP contribution is -2.64. The number of unbranched alkanes of at least 4 members (excludes halogenated alkanes) is 28. The van der Waals surface area contributed by atoms with Gasteiger partial charge in [-0.15, -0.1) is 0 Å². The summed E-state index contributed by atoms with van der Waals surface area (Å²) < 4.78 is 22.9. The highest BCUT2D eigenvalue weighted by atomic mass is 31.2. The average molecular weight is 850 g/mol. The van der Waals surface area contributed by atoms with E-state index < -0.39 is 63.2 Å². The van der Waals surface area contributed by atoms with Crippen LogP contribution in [0.3, 0.4) is 0 Å². The fourth-order valence-electron chi connectivity index (χ4n) is 7.67.